The number of rotatable bonds is 4. The van der Waals surface area contributed by atoms with Gasteiger partial charge in [-0.2, -0.15) is 0 Å². The molecule has 3 heterocycles. The maximum Gasteiger partial charge on any atom is 0.176 e. The van der Waals surface area contributed by atoms with Crippen molar-refractivity contribution >= 4 is 39.5 Å². The number of benzene rings is 2. The molecule has 0 fully saturated rings. The molecule has 0 spiro atoms. The standard InChI is InChI=1S/C21H17ClN6/c1-14-10-15-6-3-5-9-18(15)28(14)26-20-19-21(24-12-23-20)27(13-25-19)11-16-7-2-4-8-17(16)22/h2-10,12-13H,11H2,1H3,(H,23,24,26). The zero-order valence-corrected chi connectivity index (χ0v) is 15.9. The lowest BCUT2D eigenvalue weighted by Crippen LogP contribution is -2.12. The molecular weight excluding hydrogens is 372 g/mol. The molecule has 6 nitrogen and oxygen atoms in total. The van der Waals surface area contributed by atoms with Crippen molar-refractivity contribution < 1.29 is 0 Å². The van der Waals surface area contributed by atoms with Crippen LogP contribution < -0.4 is 5.43 Å². The fraction of sp³-hybridized carbons (Fsp3) is 0.0952. The van der Waals surface area contributed by atoms with Crippen LogP contribution in [0, 0.1) is 6.92 Å². The normalized spacial score (nSPS) is 11.4. The van der Waals surface area contributed by atoms with Crippen LogP contribution >= 0.6 is 11.6 Å². The first kappa shape index (κ1) is 16.8. The minimum Gasteiger partial charge on any atom is -0.311 e. The average molecular weight is 389 g/mol. The van der Waals surface area contributed by atoms with E-state index in [2.05, 4.69) is 45.5 Å². The fourth-order valence-corrected chi connectivity index (χ4v) is 3.63. The van der Waals surface area contributed by atoms with Crippen LogP contribution in [-0.4, -0.2) is 24.2 Å². The Bertz CT molecular complexity index is 1300. The van der Waals surface area contributed by atoms with Crippen molar-refractivity contribution in [1.29, 1.82) is 0 Å². The molecule has 0 aliphatic heterocycles. The van der Waals surface area contributed by atoms with Gasteiger partial charge in [0.1, 0.15) is 6.33 Å². The van der Waals surface area contributed by atoms with E-state index >= 15 is 0 Å². The summed E-state index contributed by atoms with van der Waals surface area (Å²) in [6.45, 7) is 2.65. The first-order valence-electron chi connectivity index (χ1n) is 8.94. The smallest absolute Gasteiger partial charge is 0.176 e. The molecule has 0 atom stereocenters. The third-order valence-corrected chi connectivity index (χ3v) is 5.18. The lowest BCUT2D eigenvalue weighted by atomic mass is 10.2. The number of imidazole rings is 1. The summed E-state index contributed by atoms with van der Waals surface area (Å²) >= 11 is 6.31. The molecule has 0 amide bonds. The Kier molecular flexibility index (Phi) is 3.98. The van der Waals surface area contributed by atoms with Crippen LogP contribution in [0.3, 0.4) is 0 Å². The largest absolute Gasteiger partial charge is 0.311 e. The highest BCUT2D eigenvalue weighted by Gasteiger charge is 2.13. The Hall–Kier alpha value is -3.38. The molecule has 1 N–H and O–H groups in total. The summed E-state index contributed by atoms with van der Waals surface area (Å²) in [6.07, 6.45) is 3.32. The maximum atomic E-state index is 6.31. The first-order valence-corrected chi connectivity index (χ1v) is 9.32. The van der Waals surface area contributed by atoms with Gasteiger partial charge in [-0.1, -0.05) is 48.0 Å². The van der Waals surface area contributed by atoms with E-state index in [9.17, 15) is 0 Å². The van der Waals surface area contributed by atoms with Crippen molar-refractivity contribution in [2.75, 3.05) is 5.43 Å². The number of nitrogens with zero attached hydrogens (tertiary/aromatic N) is 5. The SMILES string of the molecule is Cc1cc2ccccc2n1Nc1ncnc2c1ncn2Cc1ccccc1Cl. The van der Waals surface area contributed by atoms with Gasteiger partial charge >= 0.3 is 0 Å². The van der Waals surface area contributed by atoms with Crippen molar-refractivity contribution in [2.24, 2.45) is 0 Å². The van der Waals surface area contributed by atoms with E-state index in [0.29, 0.717) is 17.9 Å². The third-order valence-electron chi connectivity index (χ3n) is 4.81. The number of anilines is 1. The monoisotopic (exact) mass is 388 g/mol. The Labute approximate surface area is 166 Å². The number of para-hydroxylation sites is 1. The summed E-state index contributed by atoms with van der Waals surface area (Å²) < 4.78 is 3.99. The van der Waals surface area contributed by atoms with Crippen molar-refractivity contribution in [2.45, 2.75) is 13.5 Å². The lowest BCUT2D eigenvalue weighted by molar-refractivity contribution is 0.813. The van der Waals surface area contributed by atoms with E-state index in [1.54, 1.807) is 12.7 Å². The van der Waals surface area contributed by atoms with Crippen LogP contribution in [0.15, 0.2) is 67.3 Å². The predicted molar refractivity (Wildman–Crippen MR) is 112 cm³/mol. The molecule has 3 aromatic heterocycles. The number of fused-ring (bicyclic) bond motifs is 2. The van der Waals surface area contributed by atoms with Gasteiger partial charge in [-0.15, -0.1) is 0 Å². The zero-order chi connectivity index (χ0) is 19.1. The van der Waals surface area contributed by atoms with E-state index < -0.39 is 0 Å². The lowest BCUT2D eigenvalue weighted by Gasteiger charge is -2.11. The summed E-state index contributed by atoms with van der Waals surface area (Å²) in [6, 6.07) is 18.1. The molecular formula is C21H17ClN6. The molecule has 28 heavy (non-hydrogen) atoms. The second-order valence-corrected chi connectivity index (χ2v) is 7.06. The number of nitrogens with one attached hydrogen (secondary N) is 1. The molecule has 0 saturated heterocycles. The molecule has 0 aliphatic carbocycles. The second kappa shape index (κ2) is 6.65. The van der Waals surface area contributed by atoms with Crippen molar-refractivity contribution in [3.8, 4) is 0 Å². The third kappa shape index (κ3) is 2.78. The Balaban J connectivity index is 1.55. The first-order chi connectivity index (χ1) is 13.7. The summed E-state index contributed by atoms with van der Waals surface area (Å²) in [4.78, 5) is 13.4. The molecule has 0 aliphatic rings. The molecule has 2 aromatic carbocycles. The van der Waals surface area contributed by atoms with Crippen LogP contribution in [0.5, 0.6) is 0 Å². The van der Waals surface area contributed by atoms with E-state index in [1.165, 1.54) is 5.39 Å². The minimum absolute atomic E-state index is 0.595. The Morgan fingerprint density at radius 2 is 1.82 bits per heavy atom. The van der Waals surface area contributed by atoms with Gasteiger partial charge in [0.25, 0.3) is 0 Å². The van der Waals surface area contributed by atoms with Gasteiger partial charge in [0.2, 0.25) is 0 Å². The highest BCUT2D eigenvalue weighted by atomic mass is 35.5. The molecule has 5 rings (SSSR count). The van der Waals surface area contributed by atoms with Crippen molar-refractivity contribution in [1.82, 2.24) is 24.2 Å². The molecule has 0 bridgehead atoms. The van der Waals surface area contributed by atoms with E-state index in [4.69, 9.17) is 11.6 Å². The van der Waals surface area contributed by atoms with Crippen molar-refractivity contribution in [3.63, 3.8) is 0 Å². The van der Waals surface area contributed by atoms with Gasteiger partial charge < -0.3 is 4.57 Å². The van der Waals surface area contributed by atoms with Crippen LogP contribution in [-0.2, 0) is 6.54 Å². The quantitative estimate of drug-likeness (QED) is 0.486. The zero-order valence-electron chi connectivity index (χ0n) is 15.2. The Morgan fingerprint density at radius 1 is 1.00 bits per heavy atom. The molecule has 0 unspecified atom stereocenters. The van der Waals surface area contributed by atoms with Gasteiger partial charge in [0, 0.05) is 16.1 Å². The molecule has 0 saturated carbocycles. The molecule has 0 radical (unpaired) electrons. The maximum absolute atomic E-state index is 6.31. The minimum atomic E-state index is 0.595. The topological polar surface area (TPSA) is 60.6 Å². The van der Waals surface area contributed by atoms with Gasteiger partial charge in [-0.25, -0.2) is 15.0 Å². The van der Waals surface area contributed by atoms with Crippen LogP contribution in [0.2, 0.25) is 5.02 Å². The predicted octanol–water partition coefficient (Wildman–Crippen LogP) is 4.67. The fourth-order valence-electron chi connectivity index (χ4n) is 3.44. The van der Waals surface area contributed by atoms with Gasteiger partial charge in [-0.05, 0) is 30.7 Å². The number of aromatic nitrogens is 5. The summed E-state index contributed by atoms with van der Waals surface area (Å²) in [5, 5.41) is 1.90. The molecule has 7 heteroatoms. The number of hydrogen-bond acceptors (Lipinski definition) is 4. The molecule has 138 valence electrons. The highest BCUT2D eigenvalue weighted by molar-refractivity contribution is 6.31. The number of halogens is 1. The van der Waals surface area contributed by atoms with Crippen LogP contribution in [0.25, 0.3) is 22.1 Å². The summed E-state index contributed by atoms with van der Waals surface area (Å²) in [7, 11) is 0. The van der Waals surface area contributed by atoms with Gasteiger partial charge in [0.05, 0.1) is 18.4 Å². The second-order valence-electron chi connectivity index (χ2n) is 6.65. The summed E-state index contributed by atoms with van der Waals surface area (Å²) in [5.41, 5.74) is 8.05. The average Bonchev–Trinajstić information content (AvgIpc) is 3.25. The van der Waals surface area contributed by atoms with E-state index in [0.717, 1.165) is 27.4 Å². The van der Waals surface area contributed by atoms with E-state index in [1.807, 2.05) is 45.6 Å². The van der Waals surface area contributed by atoms with Gasteiger partial charge in [-0.3, -0.25) is 10.1 Å². The number of hydrogen-bond donors (Lipinski definition) is 1. The van der Waals surface area contributed by atoms with E-state index in [-0.39, 0.29) is 0 Å². The Morgan fingerprint density at radius 3 is 2.71 bits per heavy atom. The number of aryl methyl sites for hydroxylation is 1. The highest BCUT2D eigenvalue weighted by Crippen LogP contribution is 2.24. The van der Waals surface area contributed by atoms with Crippen molar-refractivity contribution in [3.05, 3.63) is 83.5 Å². The van der Waals surface area contributed by atoms with Crippen LogP contribution in [0.4, 0.5) is 5.82 Å². The summed E-state index contributed by atoms with van der Waals surface area (Å²) in [5.74, 6) is 0.660. The molecule has 5 aromatic rings. The van der Waals surface area contributed by atoms with Gasteiger partial charge in [0.15, 0.2) is 17.0 Å². The van der Waals surface area contributed by atoms with Crippen LogP contribution in [0.1, 0.15) is 11.3 Å².